The monoisotopic (exact) mass is 428 g/mol. The van der Waals surface area contributed by atoms with Gasteiger partial charge in [0.15, 0.2) is 6.71 Å². The average Bonchev–Trinajstić information content (AvgIpc) is 2.53. The summed E-state index contributed by atoms with van der Waals surface area (Å²) >= 11 is 3.48. The second-order valence-corrected chi connectivity index (χ2v) is 9.37. The fourth-order valence-electron chi connectivity index (χ4n) is 5.57. The van der Waals surface area contributed by atoms with Crippen molar-refractivity contribution in [1.82, 2.24) is 0 Å². The van der Waals surface area contributed by atoms with Crippen LogP contribution < -0.4 is 0 Å². The highest BCUT2D eigenvalue weighted by Crippen LogP contribution is 2.54. The van der Waals surface area contributed by atoms with Crippen LogP contribution in [0.5, 0.6) is 0 Å². The minimum absolute atomic E-state index is 0.207. The molecule has 144 valence electrons. The quantitative estimate of drug-likeness (QED) is 0.270. The fourth-order valence-corrected chi connectivity index (χ4v) is 6.58. The first-order valence-electron chi connectivity index (χ1n) is 9.76. The minimum atomic E-state index is -1.44. The van der Waals surface area contributed by atoms with Gasteiger partial charge in [-0.2, -0.15) is 0 Å². The van der Waals surface area contributed by atoms with E-state index in [2.05, 4.69) is 15.9 Å². The molecule has 25 heavy (non-hydrogen) atoms. The first-order chi connectivity index (χ1) is 11.9. The molecule has 0 aromatic heterocycles. The van der Waals surface area contributed by atoms with Crippen molar-refractivity contribution in [3.8, 4) is 0 Å². The highest BCUT2D eigenvalue weighted by Gasteiger charge is 2.56. The third-order valence-electron chi connectivity index (χ3n) is 6.72. The zero-order valence-electron chi connectivity index (χ0n) is 14.4. The maximum absolute atomic E-state index is 14.8. The summed E-state index contributed by atoms with van der Waals surface area (Å²) in [5.74, 6) is -2.89. The Morgan fingerprint density at radius 3 is 1.20 bits per heavy atom. The molecule has 0 radical (unpaired) electrons. The molecule has 0 amide bonds. The zero-order chi connectivity index (χ0) is 18.1. The Morgan fingerprint density at radius 1 is 0.520 bits per heavy atom. The summed E-state index contributed by atoms with van der Waals surface area (Å²) in [7, 11) is 0. The van der Waals surface area contributed by atoms with E-state index in [9.17, 15) is 22.0 Å². The Labute approximate surface area is 155 Å². The van der Waals surface area contributed by atoms with E-state index in [1.807, 2.05) is 0 Å². The Hall–Kier alpha value is 0.195. The van der Waals surface area contributed by atoms with Gasteiger partial charge < -0.3 is 0 Å². The van der Waals surface area contributed by atoms with E-state index in [0.29, 0.717) is 32.1 Å². The van der Waals surface area contributed by atoms with Crippen molar-refractivity contribution < 1.29 is 22.0 Å². The first-order valence-corrected chi connectivity index (χ1v) is 10.7. The minimum Gasteiger partial charge on any atom is -0.248 e. The topological polar surface area (TPSA) is 0 Å². The second-order valence-electron chi connectivity index (χ2n) is 8.20. The number of alkyl halides is 6. The molecule has 3 rings (SSSR count). The Bertz CT molecular complexity index is 350. The molecule has 0 nitrogen and oxygen atoms in total. The zero-order valence-corrected chi connectivity index (χ0v) is 16.0. The van der Waals surface area contributed by atoms with Gasteiger partial charge in [0.2, 0.25) is 0 Å². The lowest BCUT2D eigenvalue weighted by atomic mass is 9.22. The largest absolute Gasteiger partial charge is 0.248 e. The van der Waals surface area contributed by atoms with Crippen LogP contribution in [0.3, 0.4) is 0 Å². The summed E-state index contributed by atoms with van der Waals surface area (Å²) in [5, 5.41) is 0. The van der Waals surface area contributed by atoms with Crippen molar-refractivity contribution in [2.24, 2.45) is 0 Å². The lowest BCUT2D eigenvalue weighted by Gasteiger charge is -2.47. The van der Waals surface area contributed by atoms with Crippen molar-refractivity contribution in [2.75, 3.05) is 0 Å². The van der Waals surface area contributed by atoms with E-state index in [1.165, 1.54) is 0 Å². The summed E-state index contributed by atoms with van der Waals surface area (Å²) < 4.78 is 73.8. The molecule has 7 atom stereocenters. The van der Waals surface area contributed by atoms with E-state index < -0.39 is 55.0 Å². The highest BCUT2D eigenvalue weighted by molar-refractivity contribution is 9.09. The van der Waals surface area contributed by atoms with Gasteiger partial charge in [-0.05, 0) is 63.6 Å². The fraction of sp³-hybridized carbons (Fsp3) is 1.00. The smallest absolute Gasteiger partial charge is 0.168 e. The molecule has 3 saturated carbocycles. The molecule has 0 aliphatic heterocycles. The standard InChI is InChI=1S/C18H27BBrF5/c20-10-4-1-5-11(21)16(10)19(17-12(22)6-2-7-13(17)23)18-14(24)8-3-9-15(18)25/h10-18H,1-9H2/t10-,11-,12-,13-,14-,15-,16?/m1/s1. The van der Waals surface area contributed by atoms with Gasteiger partial charge in [-0.15, -0.1) is 0 Å². The number of hydrogen-bond donors (Lipinski definition) is 0. The number of hydrogen-bond acceptors (Lipinski definition) is 0. The molecule has 3 aliphatic rings. The molecule has 0 aromatic rings. The van der Waals surface area contributed by atoms with Gasteiger partial charge in [0.25, 0.3) is 0 Å². The third-order valence-corrected chi connectivity index (χ3v) is 7.79. The van der Waals surface area contributed by atoms with E-state index >= 15 is 0 Å². The lowest BCUT2D eigenvalue weighted by Crippen LogP contribution is -2.53. The molecule has 1 unspecified atom stereocenters. The highest BCUT2D eigenvalue weighted by atomic mass is 79.9. The van der Waals surface area contributed by atoms with Crippen molar-refractivity contribution in [1.29, 1.82) is 0 Å². The van der Waals surface area contributed by atoms with E-state index in [0.717, 1.165) is 0 Å². The van der Waals surface area contributed by atoms with E-state index in [-0.39, 0.29) is 30.5 Å². The van der Waals surface area contributed by atoms with Gasteiger partial charge in [0, 0.05) is 16.5 Å². The molecule has 0 saturated heterocycles. The van der Waals surface area contributed by atoms with Crippen LogP contribution in [0.25, 0.3) is 0 Å². The summed E-state index contributed by atoms with van der Waals surface area (Å²) in [6, 6.07) is 0. The van der Waals surface area contributed by atoms with Gasteiger partial charge in [0.1, 0.15) is 0 Å². The maximum Gasteiger partial charge on any atom is 0.168 e. The van der Waals surface area contributed by atoms with Crippen molar-refractivity contribution in [2.45, 2.75) is 111 Å². The van der Waals surface area contributed by atoms with Crippen LogP contribution >= 0.6 is 15.9 Å². The van der Waals surface area contributed by atoms with Gasteiger partial charge in [0.05, 0.1) is 30.9 Å². The Morgan fingerprint density at radius 2 is 0.840 bits per heavy atom. The normalized spacial score (nSPS) is 44.6. The van der Waals surface area contributed by atoms with Gasteiger partial charge in [-0.3, -0.25) is 0 Å². The summed E-state index contributed by atoms with van der Waals surface area (Å²) in [6.45, 7) is -0.921. The van der Waals surface area contributed by atoms with Crippen LogP contribution in [0.4, 0.5) is 22.0 Å². The van der Waals surface area contributed by atoms with Gasteiger partial charge in [-0.25, -0.2) is 22.0 Å². The second kappa shape index (κ2) is 8.47. The molecule has 3 aliphatic carbocycles. The number of halogens is 6. The molecular weight excluding hydrogens is 402 g/mol. The van der Waals surface area contributed by atoms with Crippen LogP contribution in [0.1, 0.15) is 57.8 Å². The third kappa shape index (κ3) is 4.06. The van der Waals surface area contributed by atoms with Gasteiger partial charge in [-0.1, -0.05) is 15.9 Å². The van der Waals surface area contributed by atoms with Gasteiger partial charge >= 0.3 is 0 Å². The maximum atomic E-state index is 14.8. The van der Waals surface area contributed by atoms with Crippen LogP contribution in [0.2, 0.25) is 17.5 Å². The Balaban J connectivity index is 1.97. The Kier molecular flexibility index (Phi) is 6.76. The molecule has 0 N–H and O–H groups in total. The summed E-state index contributed by atoms with van der Waals surface area (Å²) in [6.07, 6.45) is -3.63. The summed E-state index contributed by atoms with van der Waals surface area (Å²) in [4.78, 5) is -0.274. The van der Waals surface area contributed by atoms with E-state index in [1.54, 1.807) is 0 Å². The SMILES string of the molecule is F[C@@H]1CCC[C@@H](F)C1B(C1[C@H](F)CCC[C@H]1F)C1[C@H](F)CCC[C@H]1Br. The molecule has 3 fully saturated rings. The van der Waals surface area contributed by atoms with Crippen LogP contribution in [-0.2, 0) is 0 Å². The van der Waals surface area contributed by atoms with Crippen LogP contribution in [0.15, 0.2) is 0 Å². The molecule has 0 aromatic carbocycles. The molecule has 0 bridgehead atoms. The van der Waals surface area contributed by atoms with Crippen LogP contribution in [-0.4, -0.2) is 42.4 Å². The predicted molar refractivity (Wildman–Crippen MR) is 95.8 cm³/mol. The predicted octanol–water partition coefficient (Wildman–Crippen LogP) is 6.60. The van der Waals surface area contributed by atoms with E-state index in [4.69, 9.17) is 0 Å². The van der Waals surface area contributed by atoms with Crippen molar-refractivity contribution in [3.63, 3.8) is 0 Å². The van der Waals surface area contributed by atoms with Crippen molar-refractivity contribution in [3.05, 3.63) is 0 Å². The molecule has 7 heteroatoms. The molecular formula is C18H27BBrF5. The van der Waals surface area contributed by atoms with Crippen LogP contribution in [0, 0.1) is 0 Å². The lowest BCUT2D eigenvalue weighted by molar-refractivity contribution is 0.127. The number of rotatable bonds is 3. The molecule has 0 heterocycles. The first kappa shape index (κ1) is 19.9. The average molecular weight is 429 g/mol. The van der Waals surface area contributed by atoms with Crippen molar-refractivity contribution >= 4 is 22.6 Å². The summed E-state index contributed by atoms with van der Waals surface area (Å²) in [5.41, 5.74) is 0. The molecule has 0 spiro atoms.